The third kappa shape index (κ3) is 5.52. The summed E-state index contributed by atoms with van der Waals surface area (Å²) in [6.07, 6.45) is 4.98. The summed E-state index contributed by atoms with van der Waals surface area (Å²) in [6, 6.07) is 1.99. The number of nitrogens with zero attached hydrogens (tertiary/aromatic N) is 1. The Morgan fingerprint density at radius 1 is 1.17 bits per heavy atom. The molecular formula is C13H22N4O. The minimum Gasteiger partial charge on any atom is -0.384 e. The molecule has 0 aliphatic carbocycles. The number of aromatic nitrogens is 1. The van der Waals surface area contributed by atoms with Gasteiger partial charge in [0.15, 0.2) is 0 Å². The zero-order chi connectivity index (χ0) is 13.2. The monoisotopic (exact) mass is 250 g/mol. The van der Waals surface area contributed by atoms with Crippen molar-refractivity contribution in [3.8, 4) is 0 Å². The van der Waals surface area contributed by atoms with E-state index in [1.54, 1.807) is 12.4 Å². The molecule has 1 rings (SSSR count). The summed E-state index contributed by atoms with van der Waals surface area (Å²) >= 11 is 0. The zero-order valence-corrected chi connectivity index (χ0v) is 11.1. The Morgan fingerprint density at radius 2 is 1.89 bits per heavy atom. The van der Waals surface area contributed by atoms with Gasteiger partial charge >= 0.3 is 0 Å². The van der Waals surface area contributed by atoms with E-state index in [4.69, 9.17) is 0 Å². The van der Waals surface area contributed by atoms with Gasteiger partial charge in [0.1, 0.15) is 0 Å². The number of hydrogen-bond donors (Lipinski definition) is 3. The van der Waals surface area contributed by atoms with Gasteiger partial charge in [0.25, 0.3) is 0 Å². The van der Waals surface area contributed by atoms with Crippen molar-refractivity contribution in [1.29, 1.82) is 0 Å². The van der Waals surface area contributed by atoms with Gasteiger partial charge in [0, 0.05) is 26.1 Å². The Morgan fingerprint density at radius 3 is 2.56 bits per heavy atom. The number of pyridine rings is 1. The molecule has 0 spiro atoms. The highest BCUT2D eigenvalue weighted by Crippen LogP contribution is 2.12. The van der Waals surface area contributed by atoms with E-state index in [2.05, 4.69) is 20.9 Å². The van der Waals surface area contributed by atoms with E-state index in [0.29, 0.717) is 13.0 Å². The summed E-state index contributed by atoms with van der Waals surface area (Å²) < 4.78 is 0. The maximum atomic E-state index is 11.4. The fourth-order valence-corrected chi connectivity index (χ4v) is 1.51. The van der Waals surface area contributed by atoms with Gasteiger partial charge in [-0.2, -0.15) is 0 Å². The Hall–Kier alpha value is -1.78. The minimum atomic E-state index is 0.0835. The predicted molar refractivity (Wildman–Crippen MR) is 74.8 cm³/mol. The van der Waals surface area contributed by atoms with E-state index in [9.17, 15) is 4.79 Å². The van der Waals surface area contributed by atoms with Crippen molar-refractivity contribution in [2.24, 2.45) is 0 Å². The van der Waals surface area contributed by atoms with Crippen LogP contribution in [-0.4, -0.2) is 30.5 Å². The fourth-order valence-electron chi connectivity index (χ4n) is 1.51. The molecule has 0 atom stereocenters. The van der Waals surface area contributed by atoms with E-state index in [0.717, 1.165) is 30.9 Å². The number of anilines is 2. The number of carbonyl (C=O) groups excluding carboxylic acids is 1. The van der Waals surface area contributed by atoms with Gasteiger partial charge in [0.2, 0.25) is 5.91 Å². The third-order valence-corrected chi connectivity index (χ3v) is 2.37. The Kier molecular flexibility index (Phi) is 6.61. The second-order valence-corrected chi connectivity index (χ2v) is 4.02. The van der Waals surface area contributed by atoms with Gasteiger partial charge in [-0.25, -0.2) is 0 Å². The first kappa shape index (κ1) is 14.3. The summed E-state index contributed by atoms with van der Waals surface area (Å²) in [5.41, 5.74) is 1.91. The van der Waals surface area contributed by atoms with Crippen LogP contribution in [0.25, 0.3) is 0 Å². The maximum absolute atomic E-state index is 11.4. The largest absolute Gasteiger partial charge is 0.384 e. The lowest BCUT2D eigenvalue weighted by Gasteiger charge is -2.08. The summed E-state index contributed by atoms with van der Waals surface area (Å²) in [7, 11) is 0. The topological polar surface area (TPSA) is 66.0 Å². The van der Waals surface area contributed by atoms with Crippen molar-refractivity contribution in [1.82, 2.24) is 10.3 Å². The van der Waals surface area contributed by atoms with Gasteiger partial charge in [-0.3, -0.25) is 9.78 Å². The number of nitrogens with one attached hydrogen (secondary N) is 3. The smallest absolute Gasteiger partial charge is 0.221 e. The van der Waals surface area contributed by atoms with Crippen molar-refractivity contribution in [2.45, 2.75) is 26.7 Å². The van der Waals surface area contributed by atoms with E-state index < -0.39 is 0 Å². The first-order chi connectivity index (χ1) is 8.76. The van der Waals surface area contributed by atoms with Crippen LogP contribution in [0, 0.1) is 0 Å². The van der Waals surface area contributed by atoms with Gasteiger partial charge in [-0.15, -0.1) is 0 Å². The number of carbonyl (C=O) groups is 1. The van der Waals surface area contributed by atoms with Crippen molar-refractivity contribution < 1.29 is 4.79 Å². The molecule has 0 fully saturated rings. The molecule has 0 saturated heterocycles. The van der Waals surface area contributed by atoms with Crippen LogP contribution in [0.2, 0.25) is 0 Å². The van der Waals surface area contributed by atoms with Gasteiger partial charge < -0.3 is 16.0 Å². The molecular weight excluding hydrogens is 228 g/mol. The fraction of sp³-hybridized carbons (Fsp3) is 0.538. The van der Waals surface area contributed by atoms with Crippen LogP contribution in [0.15, 0.2) is 18.5 Å². The SMILES string of the molecule is CCCNC(=O)CCNc1cncc(NCC)c1. The van der Waals surface area contributed by atoms with E-state index in [1.807, 2.05) is 19.9 Å². The van der Waals surface area contributed by atoms with Crippen LogP contribution in [0.3, 0.4) is 0 Å². The summed E-state index contributed by atoms with van der Waals surface area (Å²) in [5, 5.41) is 9.22. The summed E-state index contributed by atoms with van der Waals surface area (Å²) in [6.45, 7) is 6.31. The highest BCUT2D eigenvalue weighted by molar-refractivity contribution is 5.76. The number of rotatable bonds is 8. The minimum absolute atomic E-state index is 0.0835. The first-order valence-electron chi connectivity index (χ1n) is 6.45. The van der Waals surface area contributed by atoms with Crippen molar-refractivity contribution in [2.75, 3.05) is 30.3 Å². The normalized spacial score (nSPS) is 9.89. The van der Waals surface area contributed by atoms with Crippen LogP contribution in [0.5, 0.6) is 0 Å². The molecule has 5 heteroatoms. The molecule has 1 aromatic heterocycles. The number of amides is 1. The third-order valence-electron chi connectivity index (χ3n) is 2.37. The molecule has 0 aliphatic heterocycles. The highest BCUT2D eigenvalue weighted by Gasteiger charge is 2.00. The Balaban J connectivity index is 2.30. The highest BCUT2D eigenvalue weighted by atomic mass is 16.1. The number of hydrogen-bond acceptors (Lipinski definition) is 4. The first-order valence-corrected chi connectivity index (χ1v) is 6.45. The van der Waals surface area contributed by atoms with Crippen LogP contribution >= 0.6 is 0 Å². The molecule has 0 saturated carbocycles. The lowest BCUT2D eigenvalue weighted by molar-refractivity contribution is -0.120. The standard InChI is InChI=1S/C13H22N4O/c1-3-6-17-13(18)5-7-16-12-8-11(15-4-2)9-14-10-12/h8-10,15-16H,3-7H2,1-2H3,(H,17,18). The van der Waals surface area contributed by atoms with Crippen molar-refractivity contribution >= 4 is 17.3 Å². The molecule has 18 heavy (non-hydrogen) atoms. The molecule has 0 aromatic carbocycles. The second-order valence-electron chi connectivity index (χ2n) is 4.02. The van der Waals surface area contributed by atoms with Crippen molar-refractivity contribution in [3.05, 3.63) is 18.5 Å². The van der Waals surface area contributed by atoms with Crippen LogP contribution in [-0.2, 0) is 4.79 Å². The van der Waals surface area contributed by atoms with Gasteiger partial charge in [-0.1, -0.05) is 6.92 Å². The van der Waals surface area contributed by atoms with Crippen LogP contribution in [0.4, 0.5) is 11.4 Å². The molecule has 5 nitrogen and oxygen atoms in total. The molecule has 0 unspecified atom stereocenters. The maximum Gasteiger partial charge on any atom is 0.221 e. The average Bonchev–Trinajstić information content (AvgIpc) is 2.37. The Bertz CT molecular complexity index is 368. The summed E-state index contributed by atoms with van der Waals surface area (Å²) in [5.74, 6) is 0.0835. The molecule has 0 aliphatic rings. The lowest BCUT2D eigenvalue weighted by atomic mass is 10.3. The zero-order valence-electron chi connectivity index (χ0n) is 11.1. The summed E-state index contributed by atoms with van der Waals surface area (Å²) in [4.78, 5) is 15.5. The molecule has 1 amide bonds. The van der Waals surface area contributed by atoms with Crippen LogP contribution in [0.1, 0.15) is 26.7 Å². The average molecular weight is 250 g/mol. The van der Waals surface area contributed by atoms with Gasteiger partial charge in [0.05, 0.1) is 23.8 Å². The molecule has 1 aromatic rings. The molecule has 0 bridgehead atoms. The van der Waals surface area contributed by atoms with Crippen LogP contribution < -0.4 is 16.0 Å². The van der Waals surface area contributed by atoms with Gasteiger partial charge in [-0.05, 0) is 19.4 Å². The molecule has 0 radical (unpaired) electrons. The van der Waals surface area contributed by atoms with Crippen molar-refractivity contribution in [3.63, 3.8) is 0 Å². The van der Waals surface area contributed by atoms with E-state index >= 15 is 0 Å². The quantitative estimate of drug-likeness (QED) is 0.658. The predicted octanol–water partition coefficient (Wildman–Crippen LogP) is 1.84. The molecule has 100 valence electrons. The molecule has 1 heterocycles. The molecule has 3 N–H and O–H groups in total. The Labute approximate surface area is 108 Å². The van der Waals surface area contributed by atoms with E-state index in [1.165, 1.54) is 0 Å². The lowest BCUT2D eigenvalue weighted by Crippen LogP contribution is -2.25. The second kappa shape index (κ2) is 8.33. The van der Waals surface area contributed by atoms with E-state index in [-0.39, 0.29) is 5.91 Å².